The Kier molecular flexibility index (Phi) is 5.87. The van der Waals surface area contributed by atoms with Crippen molar-refractivity contribution in [2.45, 2.75) is 26.3 Å². The molecule has 1 heterocycles. The van der Waals surface area contributed by atoms with Gasteiger partial charge in [0.15, 0.2) is 0 Å². The quantitative estimate of drug-likeness (QED) is 0.442. The minimum Gasteiger partial charge on any atom is -0.490 e. The van der Waals surface area contributed by atoms with Crippen LogP contribution in [0, 0.1) is 13.8 Å². The minimum absolute atomic E-state index is 0.0195. The highest BCUT2D eigenvalue weighted by molar-refractivity contribution is 6.08. The molecule has 3 amide bonds. The topological polar surface area (TPSA) is 84.9 Å². The Morgan fingerprint density at radius 3 is 2.45 bits per heavy atom. The van der Waals surface area contributed by atoms with E-state index in [1.165, 1.54) is 0 Å². The highest BCUT2D eigenvalue weighted by atomic mass is 16.6. The molecule has 0 radical (unpaired) electrons. The van der Waals surface area contributed by atoms with Gasteiger partial charge in [-0.2, -0.15) is 0 Å². The van der Waals surface area contributed by atoms with Gasteiger partial charge < -0.3 is 14.8 Å². The lowest BCUT2D eigenvalue weighted by atomic mass is 9.91. The van der Waals surface area contributed by atoms with Crippen LogP contribution in [-0.4, -0.2) is 42.6 Å². The zero-order valence-electron chi connectivity index (χ0n) is 16.7. The highest BCUT2D eigenvalue weighted by Gasteiger charge is 2.49. The number of urea groups is 1. The van der Waals surface area contributed by atoms with E-state index in [2.05, 4.69) is 5.32 Å². The van der Waals surface area contributed by atoms with Crippen molar-refractivity contribution in [3.05, 3.63) is 65.2 Å². The first kappa shape index (κ1) is 20.4. The van der Waals surface area contributed by atoms with Crippen molar-refractivity contribution in [1.29, 1.82) is 0 Å². The number of hydrogen-bond donors (Lipinski definition) is 1. The van der Waals surface area contributed by atoms with Gasteiger partial charge in [-0.05, 0) is 44.0 Å². The van der Waals surface area contributed by atoms with Crippen molar-refractivity contribution in [2.24, 2.45) is 0 Å². The number of nitrogens with zero attached hydrogens (tertiary/aromatic N) is 1. The monoisotopic (exact) mass is 396 g/mol. The number of esters is 1. The molecule has 152 valence electrons. The predicted octanol–water partition coefficient (Wildman–Crippen LogP) is 2.69. The molecular formula is C22H24N2O5. The number of aryl methyl sites for hydroxylation is 2. The van der Waals surface area contributed by atoms with Crippen LogP contribution in [0.5, 0.6) is 5.75 Å². The van der Waals surface area contributed by atoms with E-state index in [1.807, 2.05) is 50.2 Å². The molecule has 1 aliphatic rings. The van der Waals surface area contributed by atoms with E-state index in [-0.39, 0.29) is 13.2 Å². The maximum absolute atomic E-state index is 12.8. The van der Waals surface area contributed by atoms with Crippen LogP contribution >= 0.6 is 0 Å². The number of carbonyl (C=O) groups is 3. The molecule has 2 aromatic rings. The van der Waals surface area contributed by atoms with Crippen molar-refractivity contribution >= 4 is 17.9 Å². The summed E-state index contributed by atoms with van der Waals surface area (Å²) in [4.78, 5) is 38.1. The van der Waals surface area contributed by atoms with Crippen LogP contribution in [0.3, 0.4) is 0 Å². The average molecular weight is 396 g/mol. The first-order chi connectivity index (χ1) is 13.8. The van der Waals surface area contributed by atoms with Crippen LogP contribution in [0.1, 0.15) is 23.6 Å². The van der Waals surface area contributed by atoms with Crippen LogP contribution in [0.2, 0.25) is 0 Å². The summed E-state index contributed by atoms with van der Waals surface area (Å²) in [6.45, 7) is 5.26. The summed E-state index contributed by atoms with van der Waals surface area (Å²) < 4.78 is 10.6. The molecule has 2 aromatic carbocycles. The van der Waals surface area contributed by atoms with Crippen LogP contribution in [-0.2, 0) is 19.9 Å². The van der Waals surface area contributed by atoms with Crippen molar-refractivity contribution < 1.29 is 23.9 Å². The van der Waals surface area contributed by atoms with E-state index in [4.69, 9.17) is 9.47 Å². The molecule has 1 saturated heterocycles. The second-order valence-corrected chi connectivity index (χ2v) is 7.20. The normalized spacial score (nSPS) is 18.5. The van der Waals surface area contributed by atoms with Gasteiger partial charge in [0.1, 0.15) is 31.0 Å². The molecular weight excluding hydrogens is 372 g/mol. The Bertz CT molecular complexity index is 925. The smallest absolute Gasteiger partial charge is 0.326 e. The molecule has 1 aliphatic heterocycles. The Morgan fingerprint density at radius 1 is 1.03 bits per heavy atom. The predicted molar refractivity (Wildman–Crippen MR) is 106 cm³/mol. The number of benzene rings is 2. The van der Waals surface area contributed by atoms with E-state index in [1.54, 1.807) is 19.1 Å². The largest absolute Gasteiger partial charge is 0.490 e. The summed E-state index contributed by atoms with van der Waals surface area (Å²) in [5.41, 5.74) is 1.56. The zero-order chi connectivity index (χ0) is 21.0. The Hall–Kier alpha value is -3.35. The molecule has 7 heteroatoms. The third kappa shape index (κ3) is 4.56. The summed E-state index contributed by atoms with van der Waals surface area (Å²) in [7, 11) is 0. The molecule has 0 aromatic heterocycles. The van der Waals surface area contributed by atoms with Gasteiger partial charge in [-0.15, -0.1) is 0 Å². The fraction of sp³-hybridized carbons (Fsp3) is 0.318. The summed E-state index contributed by atoms with van der Waals surface area (Å²) in [5, 5.41) is 2.67. The van der Waals surface area contributed by atoms with Gasteiger partial charge in [0.2, 0.25) is 0 Å². The number of rotatable bonds is 7. The van der Waals surface area contributed by atoms with Crippen LogP contribution < -0.4 is 10.1 Å². The number of nitrogens with one attached hydrogen (secondary N) is 1. The maximum atomic E-state index is 12.8. The number of ether oxygens (including phenoxy) is 2. The van der Waals surface area contributed by atoms with Crippen molar-refractivity contribution in [3.63, 3.8) is 0 Å². The van der Waals surface area contributed by atoms with Crippen molar-refractivity contribution in [3.8, 4) is 5.75 Å². The van der Waals surface area contributed by atoms with E-state index >= 15 is 0 Å². The van der Waals surface area contributed by atoms with Crippen molar-refractivity contribution in [2.75, 3.05) is 19.8 Å². The average Bonchev–Trinajstić information content (AvgIpc) is 2.90. The highest BCUT2D eigenvalue weighted by Crippen LogP contribution is 2.28. The fourth-order valence-electron chi connectivity index (χ4n) is 3.12. The van der Waals surface area contributed by atoms with Gasteiger partial charge in [-0.25, -0.2) is 4.79 Å². The van der Waals surface area contributed by atoms with E-state index in [0.29, 0.717) is 11.3 Å². The number of amides is 3. The molecule has 7 nitrogen and oxygen atoms in total. The second kappa shape index (κ2) is 8.34. The van der Waals surface area contributed by atoms with Gasteiger partial charge in [0.25, 0.3) is 5.91 Å². The van der Waals surface area contributed by atoms with Gasteiger partial charge in [0, 0.05) is 0 Å². The molecule has 0 spiro atoms. The Labute approximate surface area is 169 Å². The number of imide groups is 1. The maximum Gasteiger partial charge on any atom is 0.326 e. The number of carbonyl (C=O) groups excluding carboxylic acids is 3. The van der Waals surface area contributed by atoms with E-state index in [0.717, 1.165) is 16.0 Å². The number of hydrogen-bond acceptors (Lipinski definition) is 5. The Balaban J connectivity index is 1.53. The first-order valence-electron chi connectivity index (χ1n) is 9.36. The standard InChI is InChI=1S/C22H24N2O5/c1-15-7-9-17(10-8-15)22(3)20(26)24(21(27)23-22)14-19(25)29-12-11-28-18-6-4-5-16(2)13-18/h4-10,13H,11-12,14H2,1-3H3,(H,23,27)/t22-/m1/s1. The molecule has 3 rings (SSSR count). The minimum atomic E-state index is -1.21. The Morgan fingerprint density at radius 2 is 1.76 bits per heavy atom. The van der Waals surface area contributed by atoms with Gasteiger partial charge in [-0.3, -0.25) is 14.5 Å². The second-order valence-electron chi connectivity index (χ2n) is 7.20. The molecule has 0 bridgehead atoms. The molecule has 1 N–H and O–H groups in total. The summed E-state index contributed by atoms with van der Waals surface area (Å²) in [6, 6.07) is 14.2. The lowest BCUT2D eigenvalue weighted by Gasteiger charge is -2.22. The van der Waals surface area contributed by atoms with Crippen LogP contribution in [0.25, 0.3) is 0 Å². The lowest BCUT2D eigenvalue weighted by Crippen LogP contribution is -2.41. The third-order valence-corrected chi connectivity index (χ3v) is 4.80. The molecule has 1 atom stereocenters. The molecule has 29 heavy (non-hydrogen) atoms. The molecule has 0 aliphatic carbocycles. The van der Waals surface area contributed by atoms with E-state index in [9.17, 15) is 14.4 Å². The summed E-state index contributed by atoms with van der Waals surface area (Å²) in [6.07, 6.45) is 0. The molecule has 0 unspecified atom stereocenters. The van der Waals surface area contributed by atoms with Gasteiger partial charge in [-0.1, -0.05) is 42.0 Å². The molecule has 1 fully saturated rings. The van der Waals surface area contributed by atoms with Gasteiger partial charge in [0.05, 0.1) is 0 Å². The van der Waals surface area contributed by atoms with E-state index < -0.39 is 30.0 Å². The zero-order valence-corrected chi connectivity index (χ0v) is 16.7. The fourth-order valence-corrected chi connectivity index (χ4v) is 3.12. The SMILES string of the molecule is Cc1ccc([C@@]2(C)NC(=O)N(CC(=O)OCCOc3cccc(C)c3)C2=O)cc1. The lowest BCUT2D eigenvalue weighted by molar-refractivity contribution is -0.148. The van der Waals surface area contributed by atoms with Crippen molar-refractivity contribution in [1.82, 2.24) is 10.2 Å². The van der Waals surface area contributed by atoms with Gasteiger partial charge >= 0.3 is 12.0 Å². The van der Waals surface area contributed by atoms with Crippen LogP contribution in [0.4, 0.5) is 4.79 Å². The summed E-state index contributed by atoms with van der Waals surface area (Å²) in [5.74, 6) is -0.474. The summed E-state index contributed by atoms with van der Waals surface area (Å²) >= 11 is 0. The van der Waals surface area contributed by atoms with Crippen LogP contribution in [0.15, 0.2) is 48.5 Å². The molecule has 0 saturated carbocycles. The third-order valence-electron chi connectivity index (χ3n) is 4.80. The first-order valence-corrected chi connectivity index (χ1v) is 9.36.